The van der Waals surface area contributed by atoms with Gasteiger partial charge in [0.05, 0.1) is 36.7 Å². The maximum atomic E-state index is 13.5. The average molecular weight is 544 g/mol. The average Bonchev–Trinajstić information content (AvgIpc) is 2.96. The van der Waals surface area contributed by atoms with E-state index in [0.29, 0.717) is 40.1 Å². The first-order valence-corrected chi connectivity index (χ1v) is 12.8. The molecule has 0 atom stereocenters. The molecular formula is C30H26ClN3O5. The van der Waals surface area contributed by atoms with Crippen molar-refractivity contribution in [1.29, 1.82) is 0 Å². The summed E-state index contributed by atoms with van der Waals surface area (Å²) in [6, 6.07) is 16.4. The molecule has 0 unspecified atom stereocenters. The van der Waals surface area contributed by atoms with E-state index >= 15 is 0 Å². The molecular weight excluding hydrogens is 518 g/mol. The maximum Gasteiger partial charge on any atom is 0.339 e. The van der Waals surface area contributed by atoms with Crippen LogP contribution in [0.15, 0.2) is 60.8 Å². The fourth-order valence-corrected chi connectivity index (χ4v) is 4.89. The number of allylic oxidation sites excluding steroid dienone is 1. The van der Waals surface area contributed by atoms with Gasteiger partial charge in [-0.05, 0) is 72.4 Å². The van der Waals surface area contributed by atoms with Crippen LogP contribution >= 0.6 is 11.6 Å². The lowest BCUT2D eigenvalue weighted by Gasteiger charge is -2.22. The number of carbonyl (C=O) groups excluding carboxylic acids is 2. The van der Waals surface area contributed by atoms with Crippen LogP contribution in [-0.4, -0.2) is 42.7 Å². The number of hydrogen-bond donors (Lipinski definition) is 1. The zero-order chi connectivity index (χ0) is 27.4. The Hall–Kier alpha value is -4.43. The zero-order valence-electron chi connectivity index (χ0n) is 21.5. The summed E-state index contributed by atoms with van der Waals surface area (Å²) in [5.74, 6) is 0.182. The molecule has 0 fully saturated rings. The number of fused-ring (bicyclic) bond motifs is 2. The standard InChI is InChI=1S/C30H26ClN3O5/c1-37-24-13-12-18(16-25(24)38-2)15-19-7-5-9-21-27(20-8-3-4-10-22(20)34-28(19)21)30(36)39-17-26(35)33-23-11-6-14-32-29(23)31/h3-4,6,8,10-16H,5,7,9,17H2,1-2H3,(H,33,35). The lowest BCUT2D eigenvalue weighted by atomic mass is 9.86. The molecule has 1 N–H and O–H groups in total. The smallest absolute Gasteiger partial charge is 0.339 e. The van der Waals surface area contributed by atoms with Gasteiger partial charge in [0.25, 0.3) is 5.91 Å². The Morgan fingerprint density at radius 3 is 2.64 bits per heavy atom. The number of rotatable bonds is 7. The summed E-state index contributed by atoms with van der Waals surface area (Å²) in [7, 11) is 3.20. The molecule has 39 heavy (non-hydrogen) atoms. The molecule has 8 nitrogen and oxygen atoms in total. The van der Waals surface area contributed by atoms with Crippen LogP contribution in [-0.2, 0) is 16.0 Å². The number of amides is 1. The van der Waals surface area contributed by atoms with E-state index in [1.807, 2.05) is 42.5 Å². The summed E-state index contributed by atoms with van der Waals surface area (Å²) in [4.78, 5) is 34.8. The number of nitrogens with zero attached hydrogens (tertiary/aromatic N) is 2. The molecule has 5 rings (SSSR count). The summed E-state index contributed by atoms with van der Waals surface area (Å²) < 4.78 is 16.3. The van der Waals surface area contributed by atoms with Crippen molar-refractivity contribution in [3.63, 3.8) is 0 Å². The molecule has 1 amide bonds. The lowest BCUT2D eigenvalue weighted by Crippen LogP contribution is -2.22. The van der Waals surface area contributed by atoms with E-state index in [1.54, 1.807) is 26.4 Å². The molecule has 198 valence electrons. The summed E-state index contributed by atoms with van der Waals surface area (Å²) in [6.45, 7) is -0.468. The van der Waals surface area contributed by atoms with Gasteiger partial charge in [-0.15, -0.1) is 0 Å². The normalized spacial score (nSPS) is 13.6. The highest BCUT2D eigenvalue weighted by atomic mass is 35.5. The summed E-state index contributed by atoms with van der Waals surface area (Å²) in [5, 5.41) is 3.45. The molecule has 0 saturated heterocycles. The largest absolute Gasteiger partial charge is 0.493 e. The minimum atomic E-state index is -0.579. The summed E-state index contributed by atoms with van der Waals surface area (Å²) >= 11 is 6.02. The van der Waals surface area contributed by atoms with Crippen LogP contribution in [0.2, 0.25) is 5.15 Å². The van der Waals surface area contributed by atoms with E-state index < -0.39 is 18.5 Å². The second-order valence-electron chi connectivity index (χ2n) is 8.93. The molecule has 2 heterocycles. The van der Waals surface area contributed by atoms with Crippen LogP contribution in [0.25, 0.3) is 22.6 Å². The number of aromatic nitrogens is 2. The van der Waals surface area contributed by atoms with Gasteiger partial charge < -0.3 is 19.5 Å². The number of pyridine rings is 2. The first-order valence-electron chi connectivity index (χ1n) is 12.4. The predicted molar refractivity (Wildman–Crippen MR) is 150 cm³/mol. The first-order chi connectivity index (χ1) is 19.0. The van der Waals surface area contributed by atoms with Gasteiger partial charge in [0.2, 0.25) is 0 Å². The number of esters is 1. The van der Waals surface area contributed by atoms with E-state index in [0.717, 1.165) is 35.2 Å². The van der Waals surface area contributed by atoms with E-state index in [-0.39, 0.29) is 5.15 Å². The quantitative estimate of drug-likeness (QED) is 0.226. The third-order valence-electron chi connectivity index (χ3n) is 6.49. The van der Waals surface area contributed by atoms with E-state index in [1.165, 1.54) is 6.20 Å². The highest BCUT2D eigenvalue weighted by molar-refractivity contribution is 6.32. The topological polar surface area (TPSA) is 99.6 Å². The first kappa shape index (κ1) is 26.2. The third kappa shape index (κ3) is 5.56. The van der Waals surface area contributed by atoms with Crippen LogP contribution in [0, 0.1) is 0 Å². The van der Waals surface area contributed by atoms with Gasteiger partial charge in [-0.25, -0.2) is 14.8 Å². The third-order valence-corrected chi connectivity index (χ3v) is 6.79. The number of hydrogen-bond acceptors (Lipinski definition) is 7. The van der Waals surface area contributed by atoms with Gasteiger partial charge in [-0.2, -0.15) is 0 Å². The van der Waals surface area contributed by atoms with Crippen LogP contribution in [0.5, 0.6) is 11.5 Å². The van der Waals surface area contributed by atoms with Crippen molar-refractivity contribution in [3.8, 4) is 11.5 Å². The Bertz CT molecular complexity index is 1600. The highest BCUT2D eigenvalue weighted by Gasteiger charge is 2.26. The number of halogens is 1. The van der Waals surface area contributed by atoms with Crippen molar-refractivity contribution in [2.75, 3.05) is 26.1 Å². The Labute approximate surface area is 230 Å². The van der Waals surface area contributed by atoms with Crippen molar-refractivity contribution in [1.82, 2.24) is 9.97 Å². The molecule has 1 aliphatic carbocycles. The van der Waals surface area contributed by atoms with Crippen molar-refractivity contribution < 1.29 is 23.8 Å². The monoisotopic (exact) mass is 543 g/mol. The minimum Gasteiger partial charge on any atom is -0.493 e. The number of para-hydroxylation sites is 1. The molecule has 0 spiro atoms. The molecule has 0 saturated carbocycles. The SMILES string of the molecule is COc1ccc(C=C2CCCc3c2nc2ccccc2c3C(=O)OCC(=O)Nc2cccnc2Cl)cc1OC. The Balaban J connectivity index is 1.48. The van der Waals surface area contributed by atoms with Crippen molar-refractivity contribution in [2.45, 2.75) is 19.3 Å². The Morgan fingerprint density at radius 1 is 1.03 bits per heavy atom. The summed E-state index contributed by atoms with van der Waals surface area (Å²) in [6.07, 6.45) is 5.88. The van der Waals surface area contributed by atoms with Crippen LogP contribution < -0.4 is 14.8 Å². The number of anilines is 1. The number of nitrogens with one attached hydrogen (secondary N) is 1. The van der Waals surface area contributed by atoms with Crippen LogP contribution in [0.4, 0.5) is 5.69 Å². The van der Waals surface area contributed by atoms with E-state index in [4.69, 9.17) is 30.8 Å². The second kappa shape index (κ2) is 11.5. The zero-order valence-corrected chi connectivity index (χ0v) is 22.2. The number of methoxy groups -OCH3 is 2. The highest BCUT2D eigenvalue weighted by Crippen LogP contribution is 2.37. The fourth-order valence-electron chi connectivity index (χ4n) is 4.72. The van der Waals surface area contributed by atoms with Crippen molar-refractivity contribution in [2.24, 2.45) is 0 Å². The number of ether oxygens (including phenoxy) is 3. The Kier molecular flexibility index (Phi) is 7.74. The Morgan fingerprint density at radius 2 is 1.85 bits per heavy atom. The van der Waals surface area contributed by atoms with Gasteiger partial charge >= 0.3 is 5.97 Å². The molecule has 2 aromatic carbocycles. The molecule has 9 heteroatoms. The van der Waals surface area contributed by atoms with E-state index in [2.05, 4.69) is 16.4 Å². The van der Waals surface area contributed by atoms with Gasteiger partial charge in [0, 0.05) is 11.6 Å². The maximum absolute atomic E-state index is 13.5. The van der Waals surface area contributed by atoms with Crippen LogP contribution in [0.1, 0.15) is 40.0 Å². The number of carbonyl (C=O) groups is 2. The molecule has 2 aromatic heterocycles. The van der Waals surface area contributed by atoms with E-state index in [9.17, 15) is 9.59 Å². The fraction of sp³-hybridized carbons (Fsp3) is 0.200. The molecule has 0 aliphatic heterocycles. The molecule has 0 radical (unpaired) electrons. The van der Waals surface area contributed by atoms with Crippen molar-refractivity contribution in [3.05, 3.63) is 88.3 Å². The lowest BCUT2D eigenvalue weighted by molar-refractivity contribution is -0.119. The van der Waals surface area contributed by atoms with Gasteiger partial charge in [0.15, 0.2) is 23.3 Å². The number of benzene rings is 2. The van der Waals surface area contributed by atoms with Crippen molar-refractivity contribution >= 4 is 51.7 Å². The summed E-state index contributed by atoms with van der Waals surface area (Å²) in [5.41, 5.74) is 4.96. The molecule has 1 aliphatic rings. The molecule has 4 aromatic rings. The van der Waals surface area contributed by atoms with Gasteiger partial charge in [-0.1, -0.05) is 35.9 Å². The van der Waals surface area contributed by atoms with Crippen LogP contribution in [0.3, 0.4) is 0 Å². The molecule has 0 bridgehead atoms. The minimum absolute atomic E-state index is 0.153. The van der Waals surface area contributed by atoms with Gasteiger partial charge in [0.1, 0.15) is 0 Å². The van der Waals surface area contributed by atoms with Gasteiger partial charge in [-0.3, -0.25) is 4.79 Å². The predicted octanol–water partition coefficient (Wildman–Crippen LogP) is 5.97. The second-order valence-corrected chi connectivity index (χ2v) is 9.29.